The summed E-state index contributed by atoms with van der Waals surface area (Å²) in [5.41, 5.74) is 0. The molecule has 1 aromatic rings. The third-order valence-electron chi connectivity index (χ3n) is 1.74. The third kappa shape index (κ3) is 4.54. The van der Waals surface area contributed by atoms with Crippen molar-refractivity contribution in [3.8, 4) is 6.07 Å². The van der Waals surface area contributed by atoms with Gasteiger partial charge >= 0.3 is 0 Å². The van der Waals surface area contributed by atoms with Crippen LogP contribution >= 0.6 is 0 Å². The molecule has 0 fully saturated rings. The number of rotatable bonds is 7. The summed E-state index contributed by atoms with van der Waals surface area (Å²) in [6.45, 7) is 2.59. The van der Waals surface area contributed by atoms with Gasteiger partial charge in [0.25, 0.3) is 5.82 Å². The summed E-state index contributed by atoms with van der Waals surface area (Å²) in [7, 11) is 1.64. The Morgan fingerprint density at radius 1 is 1.47 bits per heavy atom. The number of hydrogen-bond acceptors (Lipinski definition) is 5. The molecule has 0 atom stereocenters. The smallest absolute Gasteiger partial charge is 0.252 e. The van der Waals surface area contributed by atoms with Gasteiger partial charge in [-0.1, -0.05) is 0 Å². The fourth-order valence-electron chi connectivity index (χ4n) is 1.03. The standard InChI is InChI=1S/C9H14N4O2/c1-14-5-6-15-4-2-3-13-8-11-9(7-10)12-13/h8H,2-6H2,1H3. The molecule has 0 aliphatic carbocycles. The van der Waals surface area contributed by atoms with Crippen molar-refractivity contribution in [2.24, 2.45) is 0 Å². The first-order chi connectivity index (χ1) is 7.36. The van der Waals surface area contributed by atoms with Gasteiger partial charge in [-0.25, -0.2) is 4.98 Å². The molecule has 0 amide bonds. The molecule has 6 nitrogen and oxygen atoms in total. The summed E-state index contributed by atoms with van der Waals surface area (Å²) in [6.07, 6.45) is 2.39. The molecule has 0 saturated heterocycles. The third-order valence-corrected chi connectivity index (χ3v) is 1.74. The first-order valence-corrected chi connectivity index (χ1v) is 4.73. The molecule has 1 rings (SSSR count). The van der Waals surface area contributed by atoms with Crippen molar-refractivity contribution < 1.29 is 9.47 Å². The summed E-state index contributed by atoms with van der Waals surface area (Å²) >= 11 is 0. The molecule has 0 aromatic carbocycles. The van der Waals surface area contributed by atoms with Gasteiger partial charge in [0, 0.05) is 20.3 Å². The predicted octanol–water partition coefficient (Wildman–Crippen LogP) is 0.203. The van der Waals surface area contributed by atoms with E-state index < -0.39 is 0 Å². The predicted molar refractivity (Wildman–Crippen MR) is 52.0 cm³/mol. The highest BCUT2D eigenvalue weighted by Crippen LogP contribution is 1.91. The highest BCUT2D eigenvalue weighted by atomic mass is 16.5. The van der Waals surface area contributed by atoms with E-state index in [1.165, 1.54) is 0 Å². The van der Waals surface area contributed by atoms with Crippen LogP contribution in [0.3, 0.4) is 0 Å². The quantitative estimate of drug-likeness (QED) is 0.601. The van der Waals surface area contributed by atoms with E-state index in [1.54, 1.807) is 18.1 Å². The first-order valence-electron chi connectivity index (χ1n) is 4.73. The molecule has 0 aliphatic heterocycles. The average molecular weight is 210 g/mol. The van der Waals surface area contributed by atoms with E-state index in [9.17, 15) is 0 Å². The highest BCUT2D eigenvalue weighted by molar-refractivity contribution is 5.05. The van der Waals surface area contributed by atoms with Crippen LogP contribution in [0.4, 0.5) is 0 Å². The molecular weight excluding hydrogens is 196 g/mol. The first kappa shape index (κ1) is 11.6. The number of aromatic nitrogens is 3. The van der Waals surface area contributed by atoms with Crippen molar-refractivity contribution in [3.63, 3.8) is 0 Å². The molecule has 0 saturated carbocycles. The van der Waals surface area contributed by atoms with E-state index in [2.05, 4.69) is 10.1 Å². The maximum atomic E-state index is 8.49. The zero-order chi connectivity index (χ0) is 10.9. The van der Waals surface area contributed by atoms with Crippen molar-refractivity contribution >= 4 is 0 Å². The lowest BCUT2D eigenvalue weighted by Crippen LogP contribution is -2.06. The Labute approximate surface area is 88.4 Å². The molecule has 1 heterocycles. The largest absolute Gasteiger partial charge is 0.382 e. The molecule has 0 unspecified atom stereocenters. The fraction of sp³-hybridized carbons (Fsp3) is 0.667. The Bertz CT molecular complexity index is 318. The number of methoxy groups -OCH3 is 1. The van der Waals surface area contributed by atoms with Gasteiger partial charge in [0.15, 0.2) is 0 Å². The molecule has 1 aromatic heterocycles. The van der Waals surface area contributed by atoms with Crippen molar-refractivity contribution in [2.45, 2.75) is 13.0 Å². The normalized spacial score (nSPS) is 10.1. The van der Waals surface area contributed by atoms with Crippen LogP contribution in [0.2, 0.25) is 0 Å². The summed E-state index contributed by atoms with van der Waals surface area (Å²) in [6, 6.07) is 1.87. The van der Waals surface area contributed by atoms with E-state index in [0.717, 1.165) is 6.42 Å². The van der Waals surface area contributed by atoms with Gasteiger partial charge in [0.05, 0.1) is 13.2 Å². The van der Waals surface area contributed by atoms with Crippen LogP contribution in [0.25, 0.3) is 0 Å². The minimum atomic E-state index is 0.204. The van der Waals surface area contributed by atoms with Gasteiger partial charge in [-0.3, -0.25) is 4.68 Å². The van der Waals surface area contributed by atoms with E-state index in [0.29, 0.717) is 26.4 Å². The molecule has 0 aliphatic rings. The molecule has 15 heavy (non-hydrogen) atoms. The SMILES string of the molecule is COCCOCCCn1cnc(C#N)n1. The summed E-state index contributed by atoms with van der Waals surface area (Å²) in [5, 5.41) is 12.4. The fourth-order valence-corrected chi connectivity index (χ4v) is 1.03. The lowest BCUT2D eigenvalue weighted by atomic mass is 10.4. The second-order valence-electron chi connectivity index (χ2n) is 2.90. The average Bonchev–Trinajstić information content (AvgIpc) is 2.71. The van der Waals surface area contributed by atoms with E-state index in [1.807, 2.05) is 6.07 Å². The van der Waals surface area contributed by atoms with E-state index in [-0.39, 0.29) is 5.82 Å². The lowest BCUT2D eigenvalue weighted by molar-refractivity contribution is 0.0677. The zero-order valence-electron chi connectivity index (χ0n) is 8.72. The maximum Gasteiger partial charge on any atom is 0.252 e. The Balaban J connectivity index is 2.07. The van der Waals surface area contributed by atoms with Crippen molar-refractivity contribution in [1.82, 2.24) is 14.8 Å². The van der Waals surface area contributed by atoms with Crippen LogP contribution in [-0.4, -0.2) is 41.7 Å². The topological polar surface area (TPSA) is 73.0 Å². The van der Waals surface area contributed by atoms with Crippen LogP contribution in [0.5, 0.6) is 0 Å². The number of aryl methyl sites for hydroxylation is 1. The number of hydrogen-bond donors (Lipinski definition) is 0. The van der Waals surface area contributed by atoms with Crippen LogP contribution in [0, 0.1) is 11.3 Å². The lowest BCUT2D eigenvalue weighted by Gasteiger charge is -2.02. The molecular formula is C9H14N4O2. The molecule has 0 N–H and O–H groups in total. The van der Waals surface area contributed by atoms with E-state index in [4.69, 9.17) is 14.7 Å². The van der Waals surface area contributed by atoms with Crippen LogP contribution in [0.1, 0.15) is 12.2 Å². The van der Waals surface area contributed by atoms with Crippen molar-refractivity contribution in [1.29, 1.82) is 5.26 Å². The second kappa shape index (κ2) is 6.92. The van der Waals surface area contributed by atoms with Gasteiger partial charge in [-0.05, 0) is 6.42 Å². The van der Waals surface area contributed by atoms with Crippen LogP contribution in [-0.2, 0) is 16.0 Å². The molecule has 82 valence electrons. The Hall–Kier alpha value is -1.45. The Kier molecular flexibility index (Phi) is 5.37. The molecule has 0 bridgehead atoms. The van der Waals surface area contributed by atoms with Crippen LogP contribution < -0.4 is 0 Å². The second-order valence-corrected chi connectivity index (χ2v) is 2.90. The zero-order valence-corrected chi connectivity index (χ0v) is 8.72. The van der Waals surface area contributed by atoms with Gasteiger partial charge in [0.1, 0.15) is 12.4 Å². The summed E-state index contributed by atoms with van der Waals surface area (Å²) in [4.78, 5) is 3.79. The minimum absolute atomic E-state index is 0.204. The molecule has 0 spiro atoms. The maximum absolute atomic E-state index is 8.49. The molecule has 0 radical (unpaired) electrons. The van der Waals surface area contributed by atoms with Gasteiger partial charge in [0.2, 0.25) is 0 Å². The number of ether oxygens (including phenoxy) is 2. The molecule has 6 heteroatoms. The van der Waals surface area contributed by atoms with Crippen molar-refractivity contribution in [2.75, 3.05) is 26.9 Å². The van der Waals surface area contributed by atoms with E-state index >= 15 is 0 Å². The number of nitrogens with zero attached hydrogens (tertiary/aromatic N) is 4. The highest BCUT2D eigenvalue weighted by Gasteiger charge is 1.97. The summed E-state index contributed by atoms with van der Waals surface area (Å²) < 4.78 is 11.8. The summed E-state index contributed by atoms with van der Waals surface area (Å²) in [5.74, 6) is 0.204. The Morgan fingerprint density at radius 3 is 3.00 bits per heavy atom. The van der Waals surface area contributed by atoms with Crippen LogP contribution in [0.15, 0.2) is 6.33 Å². The van der Waals surface area contributed by atoms with Gasteiger partial charge < -0.3 is 9.47 Å². The monoisotopic (exact) mass is 210 g/mol. The van der Waals surface area contributed by atoms with Crippen molar-refractivity contribution in [3.05, 3.63) is 12.2 Å². The van der Waals surface area contributed by atoms with Gasteiger partial charge in [-0.15, -0.1) is 5.10 Å². The number of nitriles is 1. The Morgan fingerprint density at radius 2 is 2.33 bits per heavy atom. The van der Waals surface area contributed by atoms with Gasteiger partial charge in [-0.2, -0.15) is 5.26 Å². The minimum Gasteiger partial charge on any atom is -0.382 e.